The van der Waals surface area contributed by atoms with Gasteiger partial charge in [-0.1, -0.05) is 19.6 Å². The first-order valence-electron chi connectivity index (χ1n) is 14.4. The Labute approximate surface area is 281 Å². The summed E-state index contributed by atoms with van der Waals surface area (Å²) < 4.78 is 41.0. The van der Waals surface area contributed by atoms with Gasteiger partial charge in [-0.3, -0.25) is 14.6 Å². The number of phenols is 2. The number of ether oxygens (including phenoxy) is 3. The highest BCUT2D eigenvalue weighted by atomic mass is 19.1. The topological polar surface area (TPSA) is 187 Å². The van der Waals surface area contributed by atoms with Crippen molar-refractivity contribution in [1.82, 2.24) is 4.98 Å². The van der Waals surface area contributed by atoms with Crippen LogP contribution in [0.4, 0.5) is 20.2 Å². The molecule has 0 bridgehead atoms. The van der Waals surface area contributed by atoms with Gasteiger partial charge in [-0.25, -0.2) is 8.78 Å². The Morgan fingerprint density at radius 2 is 1.49 bits per heavy atom. The van der Waals surface area contributed by atoms with Gasteiger partial charge in [0, 0.05) is 41.9 Å². The lowest BCUT2D eigenvalue weighted by molar-refractivity contribution is -0.148. The fraction of sp³-hybridized carbons (Fsp3) is 0.194. The number of Topliss-reactive ketones (excluding diaryl/α,β-unsaturated/α-hetero) is 1. The number of rotatable bonds is 8. The Morgan fingerprint density at radius 3 is 2.02 bits per heavy atom. The van der Waals surface area contributed by atoms with Gasteiger partial charge in [0.25, 0.3) is 0 Å². The summed E-state index contributed by atoms with van der Waals surface area (Å²) >= 11 is 0. The molecule has 1 saturated carbocycles. The largest absolute Gasteiger partial charge is 0.506 e. The minimum Gasteiger partial charge on any atom is -0.506 e. The van der Waals surface area contributed by atoms with Gasteiger partial charge in [0.05, 0.1) is 25.4 Å². The Morgan fingerprint density at radius 1 is 0.837 bits per heavy atom. The van der Waals surface area contributed by atoms with Crippen molar-refractivity contribution in [2.45, 2.75) is 26.7 Å². The van der Waals surface area contributed by atoms with E-state index in [9.17, 15) is 23.5 Å². The summed E-state index contributed by atoms with van der Waals surface area (Å²) in [6, 6.07) is 19.6. The number of carbonyl (C=O) groups excluding carboxylic acids is 1. The lowest BCUT2D eigenvalue weighted by atomic mass is 9.95. The van der Waals surface area contributed by atoms with Crippen molar-refractivity contribution < 1.29 is 47.9 Å². The second-order valence-electron chi connectivity index (χ2n) is 10.7. The van der Waals surface area contributed by atoms with Crippen LogP contribution in [0.5, 0.6) is 34.5 Å². The highest BCUT2D eigenvalue weighted by Crippen LogP contribution is 2.47. The molecular formula is C36H37F2N3O8. The summed E-state index contributed by atoms with van der Waals surface area (Å²) in [6.45, 7) is 0. The molecular weight excluding hydrogens is 640 g/mol. The van der Waals surface area contributed by atoms with Crippen molar-refractivity contribution in [1.29, 1.82) is 0 Å². The summed E-state index contributed by atoms with van der Waals surface area (Å²) in [7, 11) is 3.13. The van der Waals surface area contributed by atoms with E-state index in [1.165, 1.54) is 18.2 Å². The number of pyridine rings is 1. The SMILES string of the molecule is C.COc1cc2nccc(Oc3ccc(CC(=O)C4(C(=O)O)CC4)cc3)c2cc1OC.Nc1ccc(F)c(O)c1.Nc1ccc(F)cc1O. The summed E-state index contributed by atoms with van der Waals surface area (Å²) in [5, 5.41) is 27.4. The summed E-state index contributed by atoms with van der Waals surface area (Å²) in [4.78, 5) is 28.0. The van der Waals surface area contributed by atoms with Crippen LogP contribution in [0.2, 0.25) is 0 Å². The average Bonchev–Trinajstić information content (AvgIpc) is 3.89. The third kappa shape index (κ3) is 9.25. The lowest BCUT2D eigenvalue weighted by Gasteiger charge is -2.13. The second kappa shape index (κ2) is 16.1. The minimum absolute atomic E-state index is 0. The predicted octanol–water partition coefficient (Wildman–Crippen LogP) is 6.88. The molecule has 1 aromatic heterocycles. The predicted molar refractivity (Wildman–Crippen MR) is 181 cm³/mol. The van der Waals surface area contributed by atoms with E-state index in [4.69, 9.17) is 35.9 Å². The van der Waals surface area contributed by atoms with Gasteiger partial charge in [0.2, 0.25) is 0 Å². The molecule has 5 aromatic rings. The van der Waals surface area contributed by atoms with Crippen LogP contribution in [0.3, 0.4) is 0 Å². The van der Waals surface area contributed by atoms with Gasteiger partial charge in [-0.05, 0) is 66.9 Å². The number of aromatic nitrogens is 1. The molecule has 6 rings (SSSR count). The van der Waals surface area contributed by atoms with Gasteiger partial charge >= 0.3 is 5.97 Å². The standard InChI is InChI=1S/C23H21NO6.2C6H6FNO.CH4/c1-28-19-12-16-17(13-20(19)29-2)24-10-7-18(16)30-15-5-3-14(4-6-15)11-21(25)23(8-9-23)22(26)27;7-5-2-1-4(8)3-6(5)9;7-4-1-2-5(8)6(9)3-4;/h3-7,10,12-13H,8-9,11H2,1-2H3,(H,26,27);2*1-3,9H,8H2;1H4. The smallest absolute Gasteiger partial charge is 0.317 e. The second-order valence-corrected chi connectivity index (χ2v) is 10.7. The zero-order valence-corrected chi connectivity index (χ0v) is 25.9. The first-order valence-corrected chi connectivity index (χ1v) is 14.4. The summed E-state index contributed by atoms with van der Waals surface area (Å²) in [5.74, 6) is -0.673. The Bertz CT molecular complexity index is 1880. The van der Waals surface area contributed by atoms with Crippen molar-refractivity contribution >= 4 is 34.0 Å². The number of aliphatic carboxylic acids is 1. The molecule has 4 aromatic carbocycles. The van der Waals surface area contributed by atoms with Gasteiger partial charge in [0.1, 0.15) is 28.5 Å². The number of nitrogens with zero attached hydrogens (tertiary/aromatic N) is 1. The van der Waals surface area contributed by atoms with Crippen LogP contribution < -0.4 is 25.7 Å². The first-order chi connectivity index (χ1) is 22.9. The van der Waals surface area contributed by atoms with E-state index in [1.807, 2.05) is 6.07 Å². The van der Waals surface area contributed by atoms with Crippen LogP contribution in [0, 0.1) is 17.0 Å². The highest BCUT2D eigenvalue weighted by molar-refractivity contribution is 6.06. The van der Waals surface area contributed by atoms with Gasteiger partial charge in [-0.2, -0.15) is 0 Å². The van der Waals surface area contributed by atoms with Gasteiger partial charge < -0.3 is 41.0 Å². The molecule has 1 fully saturated rings. The molecule has 0 spiro atoms. The number of nitrogens with two attached hydrogens (primary N) is 2. The Hall–Kier alpha value is -6.11. The van der Waals surface area contributed by atoms with Crippen LogP contribution >= 0.6 is 0 Å². The molecule has 13 heteroatoms. The molecule has 0 radical (unpaired) electrons. The van der Waals surface area contributed by atoms with E-state index in [0.717, 1.165) is 29.1 Å². The molecule has 7 N–H and O–H groups in total. The molecule has 1 heterocycles. The van der Waals surface area contributed by atoms with Crippen LogP contribution in [0.15, 0.2) is 85.1 Å². The number of methoxy groups -OCH3 is 2. The summed E-state index contributed by atoms with van der Waals surface area (Å²) in [5.41, 5.74) is 11.2. The number of ketones is 1. The molecule has 49 heavy (non-hydrogen) atoms. The number of benzene rings is 4. The Balaban J connectivity index is 0.000000279. The number of hydrogen-bond acceptors (Lipinski definition) is 10. The van der Waals surface area contributed by atoms with Crippen molar-refractivity contribution in [3.05, 3.63) is 102 Å². The maximum absolute atomic E-state index is 12.3. The van der Waals surface area contributed by atoms with Crippen LogP contribution in [-0.2, 0) is 16.0 Å². The van der Waals surface area contributed by atoms with E-state index in [1.54, 1.807) is 56.8 Å². The molecule has 1 aliphatic carbocycles. The maximum atomic E-state index is 12.3. The fourth-order valence-electron chi connectivity index (χ4n) is 4.48. The minimum atomic E-state index is -1.18. The number of aromatic hydroxyl groups is 2. The van der Waals surface area contributed by atoms with Crippen LogP contribution in [0.1, 0.15) is 25.8 Å². The van der Waals surface area contributed by atoms with Crippen LogP contribution in [-0.4, -0.2) is 46.3 Å². The molecule has 258 valence electrons. The fourth-order valence-corrected chi connectivity index (χ4v) is 4.48. The number of nitrogen functional groups attached to an aromatic ring is 2. The van der Waals surface area contributed by atoms with E-state index >= 15 is 0 Å². The van der Waals surface area contributed by atoms with Gasteiger partial charge in [0.15, 0.2) is 28.8 Å². The van der Waals surface area contributed by atoms with E-state index in [2.05, 4.69) is 4.98 Å². The summed E-state index contributed by atoms with van der Waals surface area (Å²) in [6.07, 6.45) is 2.59. The number of fused-ring (bicyclic) bond motifs is 1. The molecule has 0 atom stereocenters. The number of carbonyl (C=O) groups is 2. The number of carboxylic acid groups (broad SMARTS) is 1. The van der Waals surface area contributed by atoms with Crippen molar-refractivity contribution in [2.24, 2.45) is 5.41 Å². The lowest BCUT2D eigenvalue weighted by Crippen LogP contribution is -2.26. The number of hydrogen-bond donors (Lipinski definition) is 5. The number of phenolic OH excluding ortho intramolecular Hbond substituents is 2. The van der Waals surface area contributed by atoms with Gasteiger partial charge in [-0.15, -0.1) is 0 Å². The molecule has 0 amide bonds. The van der Waals surface area contributed by atoms with Crippen molar-refractivity contribution in [2.75, 3.05) is 25.7 Å². The van der Waals surface area contributed by atoms with E-state index in [0.29, 0.717) is 47.0 Å². The monoisotopic (exact) mass is 677 g/mol. The first kappa shape index (κ1) is 37.3. The molecule has 0 saturated heterocycles. The normalized spacial score (nSPS) is 12.2. The quantitative estimate of drug-likeness (QED) is 0.0654. The zero-order valence-electron chi connectivity index (χ0n) is 25.9. The van der Waals surface area contributed by atoms with Crippen molar-refractivity contribution in [3.8, 4) is 34.5 Å². The highest BCUT2D eigenvalue weighted by Gasteiger charge is 2.56. The molecule has 0 aliphatic heterocycles. The number of carboxylic acids is 1. The van der Waals surface area contributed by atoms with Crippen LogP contribution in [0.25, 0.3) is 10.9 Å². The number of halogens is 2. The molecule has 11 nitrogen and oxygen atoms in total. The zero-order chi connectivity index (χ0) is 35.0. The molecule has 1 aliphatic rings. The maximum Gasteiger partial charge on any atom is 0.317 e. The average molecular weight is 678 g/mol. The van der Waals surface area contributed by atoms with E-state index < -0.39 is 28.8 Å². The van der Waals surface area contributed by atoms with Crippen molar-refractivity contribution in [3.63, 3.8) is 0 Å². The number of anilines is 2. The third-order valence-corrected chi connectivity index (χ3v) is 7.38. The Kier molecular flexibility index (Phi) is 12.3. The third-order valence-electron chi connectivity index (χ3n) is 7.38. The molecule has 0 unspecified atom stereocenters. The van der Waals surface area contributed by atoms with E-state index in [-0.39, 0.29) is 31.1 Å².